The molecule has 0 spiro atoms. The second-order valence-electron chi connectivity index (χ2n) is 6.40. The first kappa shape index (κ1) is 16.6. The van der Waals surface area contributed by atoms with Gasteiger partial charge >= 0.3 is 0 Å². The zero-order chi connectivity index (χ0) is 17.1. The average Bonchev–Trinajstić information content (AvgIpc) is 3.09. The molecule has 1 atom stereocenters. The molecule has 1 fully saturated rings. The summed E-state index contributed by atoms with van der Waals surface area (Å²) in [5.41, 5.74) is 2.74. The Hall–Kier alpha value is -2.21. The SMILES string of the molecule is Cc1noc(C)c1CN1CC[C@H](NC(=O)Cc2cccc(F)c2)C1. The number of nitrogens with zero attached hydrogens (tertiary/aromatic N) is 2. The summed E-state index contributed by atoms with van der Waals surface area (Å²) in [6.45, 7) is 6.38. The van der Waals surface area contributed by atoms with Crippen molar-refractivity contribution < 1.29 is 13.7 Å². The van der Waals surface area contributed by atoms with Crippen LogP contribution in [0.2, 0.25) is 0 Å². The van der Waals surface area contributed by atoms with Crippen LogP contribution in [0.5, 0.6) is 0 Å². The Balaban J connectivity index is 1.50. The zero-order valence-electron chi connectivity index (χ0n) is 14.0. The van der Waals surface area contributed by atoms with Crippen LogP contribution >= 0.6 is 0 Å². The third-order valence-electron chi connectivity index (χ3n) is 4.45. The maximum Gasteiger partial charge on any atom is 0.224 e. The molecule has 6 heteroatoms. The minimum absolute atomic E-state index is 0.0650. The minimum atomic E-state index is -0.313. The molecule has 128 valence electrons. The summed E-state index contributed by atoms with van der Waals surface area (Å²) in [5.74, 6) is 0.475. The first-order chi connectivity index (χ1) is 11.5. The number of rotatable bonds is 5. The monoisotopic (exact) mass is 331 g/mol. The number of amides is 1. The van der Waals surface area contributed by atoms with E-state index in [0.29, 0.717) is 5.56 Å². The van der Waals surface area contributed by atoms with Crippen LogP contribution in [-0.4, -0.2) is 35.1 Å². The molecule has 2 aromatic rings. The number of likely N-dealkylation sites (tertiary alicyclic amines) is 1. The van der Waals surface area contributed by atoms with Gasteiger partial charge in [0.25, 0.3) is 0 Å². The van der Waals surface area contributed by atoms with E-state index in [1.165, 1.54) is 12.1 Å². The summed E-state index contributed by atoms with van der Waals surface area (Å²) < 4.78 is 18.4. The van der Waals surface area contributed by atoms with Crippen molar-refractivity contribution in [3.05, 3.63) is 52.7 Å². The Kier molecular flexibility index (Phi) is 4.94. The van der Waals surface area contributed by atoms with Crippen molar-refractivity contribution in [1.82, 2.24) is 15.4 Å². The van der Waals surface area contributed by atoms with Crippen LogP contribution < -0.4 is 5.32 Å². The Morgan fingerprint density at radius 3 is 3.00 bits per heavy atom. The summed E-state index contributed by atoms with van der Waals surface area (Å²) in [6, 6.07) is 6.30. The van der Waals surface area contributed by atoms with E-state index in [1.54, 1.807) is 12.1 Å². The number of halogens is 1. The molecule has 1 aromatic heterocycles. The van der Waals surface area contributed by atoms with Gasteiger partial charge in [-0.2, -0.15) is 0 Å². The van der Waals surface area contributed by atoms with Gasteiger partial charge in [-0.1, -0.05) is 17.3 Å². The van der Waals surface area contributed by atoms with Crippen molar-refractivity contribution in [1.29, 1.82) is 0 Å². The first-order valence-electron chi connectivity index (χ1n) is 8.19. The lowest BCUT2D eigenvalue weighted by Crippen LogP contribution is -2.37. The van der Waals surface area contributed by atoms with Crippen molar-refractivity contribution in [2.75, 3.05) is 13.1 Å². The molecule has 1 amide bonds. The molecule has 1 saturated heterocycles. The number of hydrogen-bond acceptors (Lipinski definition) is 4. The van der Waals surface area contributed by atoms with Crippen molar-refractivity contribution in [3.8, 4) is 0 Å². The van der Waals surface area contributed by atoms with Crippen LogP contribution in [0.4, 0.5) is 4.39 Å². The lowest BCUT2D eigenvalue weighted by Gasteiger charge is -2.16. The van der Waals surface area contributed by atoms with Crippen molar-refractivity contribution in [2.45, 2.75) is 39.3 Å². The Labute approximate surface area is 140 Å². The topological polar surface area (TPSA) is 58.4 Å². The molecule has 0 bridgehead atoms. The van der Waals surface area contributed by atoms with Crippen LogP contribution in [0.25, 0.3) is 0 Å². The summed E-state index contributed by atoms with van der Waals surface area (Å²) in [4.78, 5) is 14.4. The molecule has 1 aromatic carbocycles. The molecule has 0 saturated carbocycles. The number of aryl methyl sites for hydroxylation is 2. The lowest BCUT2D eigenvalue weighted by atomic mass is 10.1. The van der Waals surface area contributed by atoms with Crippen molar-refractivity contribution >= 4 is 5.91 Å². The van der Waals surface area contributed by atoms with Crippen LogP contribution in [0.15, 0.2) is 28.8 Å². The second kappa shape index (κ2) is 7.13. The molecule has 2 heterocycles. The molecule has 24 heavy (non-hydrogen) atoms. The van der Waals surface area contributed by atoms with Crippen LogP contribution in [0.3, 0.4) is 0 Å². The van der Waals surface area contributed by atoms with Crippen LogP contribution in [-0.2, 0) is 17.8 Å². The van der Waals surface area contributed by atoms with Gasteiger partial charge in [0.1, 0.15) is 11.6 Å². The van der Waals surface area contributed by atoms with Gasteiger partial charge in [-0.05, 0) is 38.0 Å². The van der Waals surface area contributed by atoms with Gasteiger partial charge in [0, 0.05) is 31.2 Å². The van der Waals surface area contributed by atoms with E-state index in [0.717, 1.165) is 43.1 Å². The van der Waals surface area contributed by atoms with Crippen LogP contribution in [0, 0.1) is 19.7 Å². The molecular formula is C18H22FN3O2. The average molecular weight is 331 g/mol. The molecule has 0 radical (unpaired) electrons. The second-order valence-corrected chi connectivity index (χ2v) is 6.40. The first-order valence-corrected chi connectivity index (χ1v) is 8.19. The highest BCUT2D eigenvalue weighted by molar-refractivity contribution is 5.78. The maximum absolute atomic E-state index is 13.2. The highest BCUT2D eigenvalue weighted by Crippen LogP contribution is 2.18. The van der Waals surface area contributed by atoms with Gasteiger partial charge in [-0.3, -0.25) is 9.69 Å². The van der Waals surface area contributed by atoms with E-state index in [-0.39, 0.29) is 24.2 Å². The molecule has 0 aliphatic carbocycles. The molecule has 5 nitrogen and oxygen atoms in total. The Morgan fingerprint density at radius 1 is 1.46 bits per heavy atom. The summed E-state index contributed by atoms with van der Waals surface area (Å²) in [5, 5.41) is 7.02. The fourth-order valence-electron chi connectivity index (χ4n) is 3.16. The maximum atomic E-state index is 13.2. The molecule has 1 aliphatic heterocycles. The Bertz CT molecular complexity index is 709. The van der Waals surface area contributed by atoms with Gasteiger partial charge in [0.05, 0.1) is 12.1 Å². The molecule has 1 aliphatic rings. The smallest absolute Gasteiger partial charge is 0.224 e. The van der Waals surface area contributed by atoms with Gasteiger partial charge in [-0.25, -0.2) is 4.39 Å². The molecular weight excluding hydrogens is 309 g/mol. The number of hydrogen-bond donors (Lipinski definition) is 1. The van der Waals surface area contributed by atoms with Gasteiger partial charge in [0.2, 0.25) is 5.91 Å². The highest BCUT2D eigenvalue weighted by Gasteiger charge is 2.25. The predicted molar refractivity (Wildman–Crippen MR) is 87.9 cm³/mol. The summed E-state index contributed by atoms with van der Waals surface area (Å²) in [6.07, 6.45) is 1.12. The number of carbonyl (C=O) groups is 1. The van der Waals surface area contributed by atoms with Crippen molar-refractivity contribution in [3.63, 3.8) is 0 Å². The lowest BCUT2D eigenvalue weighted by molar-refractivity contribution is -0.121. The molecule has 3 rings (SSSR count). The largest absolute Gasteiger partial charge is 0.361 e. The van der Waals surface area contributed by atoms with Gasteiger partial charge in [0.15, 0.2) is 0 Å². The molecule has 0 unspecified atom stereocenters. The van der Waals surface area contributed by atoms with E-state index in [4.69, 9.17) is 4.52 Å². The predicted octanol–water partition coefficient (Wildman–Crippen LogP) is 2.36. The quantitative estimate of drug-likeness (QED) is 0.914. The fraction of sp³-hybridized carbons (Fsp3) is 0.444. The zero-order valence-corrected chi connectivity index (χ0v) is 14.0. The third-order valence-corrected chi connectivity index (χ3v) is 4.45. The number of benzene rings is 1. The van der Waals surface area contributed by atoms with E-state index >= 15 is 0 Å². The fourth-order valence-corrected chi connectivity index (χ4v) is 3.16. The van der Waals surface area contributed by atoms with E-state index in [1.807, 2.05) is 13.8 Å². The number of aromatic nitrogens is 1. The minimum Gasteiger partial charge on any atom is -0.361 e. The summed E-state index contributed by atoms with van der Waals surface area (Å²) >= 11 is 0. The van der Waals surface area contributed by atoms with E-state index in [2.05, 4.69) is 15.4 Å². The third kappa shape index (κ3) is 4.00. The van der Waals surface area contributed by atoms with Gasteiger partial charge < -0.3 is 9.84 Å². The van der Waals surface area contributed by atoms with E-state index < -0.39 is 0 Å². The van der Waals surface area contributed by atoms with Gasteiger partial charge in [-0.15, -0.1) is 0 Å². The van der Waals surface area contributed by atoms with E-state index in [9.17, 15) is 9.18 Å². The molecule has 1 N–H and O–H groups in total. The van der Waals surface area contributed by atoms with Crippen LogP contribution in [0.1, 0.15) is 29.0 Å². The number of nitrogens with one attached hydrogen (secondary N) is 1. The van der Waals surface area contributed by atoms with Crippen molar-refractivity contribution in [2.24, 2.45) is 0 Å². The number of carbonyl (C=O) groups excluding carboxylic acids is 1. The highest BCUT2D eigenvalue weighted by atomic mass is 19.1. The summed E-state index contributed by atoms with van der Waals surface area (Å²) in [7, 11) is 0. The normalized spacial score (nSPS) is 18.0. The Morgan fingerprint density at radius 2 is 2.29 bits per heavy atom. The standard InChI is InChI=1S/C18H22FN3O2/c1-12-17(13(2)24-21-12)11-22-7-6-16(10-22)20-18(23)9-14-4-3-5-15(19)8-14/h3-5,8,16H,6-7,9-11H2,1-2H3,(H,20,23)/t16-/m0/s1.